The Labute approximate surface area is 136 Å². The summed E-state index contributed by atoms with van der Waals surface area (Å²) in [5.74, 6) is -1.41. The first-order valence-corrected chi connectivity index (χ1v) is 7.43. The molecule has 1 fully saturated rings. The van der Waals surface area contributed by atoms with Crippen molar-refractivity contribution in [2.45, 2.75) is 32.0 Å². The fourth-order valence-electron chi connectivity index (χ4n) is 2.54. The number of hydrogen-bond donors (Lipinski definition) is 1. The van der Waals surface area contributed by atoms with Gasteiger partial charge in [0.05, 0.1) is 11.5 Å². The number of amides is 2. The minimum atomic E-state index is -4.46. The predicted octanol–water partition coefficient (Wildman–Crippen LogP) is 1.75. The van der Waals surface area contributed by atoms with E-state index in [9.17, 15) is 22.8 Å². The van der Waals surface area contributed by atoms with E-state index in [0.29, 0.717) is 12.8 Å². The Morgan fingerprint density at radius 3 is 2.62 bits per heavy atom. The smallest absolute Gasteiger partial charge is 0.422 e. The topological polar surface area (TPSA) is 85.5 Å². The lowest BCUT2D eigenvalue weighted by atomic mass is 9.92. The van der Waals surface area contributed by atoms with Crippen LogP contribution in [0.4, 0.5) is 13.2 Å². The molecular weight excluding hydrogens is 327 g/mol. The van der Waals surface area contributed by atoms with Crippen LogP contribution in [0, 0.1) is 5.92 Å². The second-order valence-electron chi connectivity index (χ2n) is 5.77. The molecule has 0 radical (unpaired) electrons. The largest absolute Gasteiger partial charge is 0.468 e. The van der Waals surface area contributed by atoms with E-state index >= 15 is 0 Å². The molecule has 6 nitrogen and oxygen atoms in total. The first kappa shape index (κ1) is 18.0. The number of hydrogen-bond acceptors (Lipinski definition) is 4. The number of carbonyl (C=O) groups is 2. The van der Waals surface area contributed by atoms with E-state index in [2.05, 4.69) is 9.72 Å². The number of rotatable bonds is 4. The molecule has 1 saturated heterocycles. The molecule has 2 amide bonds. The molecule has 0 saturated carbocycles. The van der Waals surface area contributed by atoms with Crippen molar-refractivity contribution in [2.75, 3.05) is 13.2 Å². The minimum Gasteiger partial charge on any atom is -0.468 e. The van der Waals surface area contributed by atoms with Gasteiger partial charge >= 0.3 is 6.18 Å². The maximum absolute atomic E-state index is 12.5. The van der Waals surface area contributed by atoms with Gasteiger partial charge in [0.2, 0.25) is 11.8 Å². The highest BCUT2D eigenvalue weighted by Gasteiger charge is 2.32. The van der Waals surface area contributed by atoms with Crippen LogP contribution >= 0.6 is 0 Å². The number of nitrogens with zero attached hydrogens (tertiary/aromatic N) is 2. The Hall–Kier alpha value is -2.32. The van der Waals surface area contributed by atoms with Crippen LogP contribution in [-0.4, -0.2) is 47.1 Å². The zero-order valence-corrected chi connectivity index (χ0v) is 13.0. The summed E-state index contributed by atoms with van der Waals surface area (Å²) in [5.41, 5.74) is 5.52. The summed E-state index contributed by atoms with van der Waals surface area (Å²) >= 11 is 0. The number of primary amides is 1. The second-order valence-corrected chi connectivity index (χ2v) is 5.77. The standard InChI is InChI=1S/C15H18F3N3O3/c1-9-2-3-11(13(19)22)7-21(9)14(23)10-4-5-12(20-6-10)24-8-15(16,17)18/h4-6,9,11H,2-3,7-8H2,1H3,(H2,19,22)/t9-,11+/m1/s1. The third-order valence-electron chi connectivity index (χ3n) is 3.91. The van der Waals surface area contributed by atoms with Crippen LogP contribution < -0.4 is 10.5 Å². The van der Waals surface area contributed by atoms with Gasteiger partial charge in [-0.2, -0.15) is 13.2 Å². The van der Waals surface area contributed by atoms with E-state index in [4.69, 9.17) is 5.73 Å². The van der Waals surface area contributed by atoms with Crippen molar-refractivity contribution < 1.29 is 27.5 Å². The van der Waals surface area contributed by atoms with E-state index in [0.717, 1.165) is 6.20 Å². The van der Waals surface area contributed by atoms with Gasteiger partial charge in [-0.3, -0.25) is 9.59 Å². The average Bonchev–Trinajstić information content (AvgIpc) is 2.52. The molecule has 2 atom stereocenters. The van der Waals surface area contributed by atoms with Crippen LogP contribution in [-0.2, 0) is 4.79 Å². The van der Waals surface area contributed by atoms with Crippen molar-refractivity contribution in [2.24, 2.45) is 11.7 Å². The van der Waals surface area contributed by atoms with Crippen LogP contribution in [0.25, 0.3) is 0 Å². The quantitative estimate of drug-likeness (QED) is 0.901. The third kappa shape index (κ3) is 4.59. The SMILES string of the molecule is C[C@@H]1CC[C@H](C(N)=O)CN1C(=O)c1ccc(OCC(F)(F)F)nc1. The van der Waals surface area contributed by atoms with E-state index in [1.807, 2.05) is 6.92 Å². The van der Waals surface area contributed by atoms with Crippen molar-refractivity contribution >= 4 is 11.8 Å². The van der Waals surface area contributed by atoms with Crippen molar-refractivity contribution in [1.29, 1.82) is 0 Å². The number of ether oxygens (including phenoxy) is 1. The Kier molecular flexibility index (Phi) is 5.30. The first-order chi connectivity index (χ1) is 11.2. The Morgan fingerprint density at radius 2 is 2.08 bits per heavy atom. The molecule has 24 heavy (non-hydrogen) atoms. The van der Waals surface area contributed by atoms with Gasteiger partial charge in [0.25, 0.3) is 5.91 Å². The number of carbonyl (C=O) groups excluding carboxylic acids is 2. The summed E-state index contributed by atoms with van der Waals surface area (Å²) in [5, 5.41) is 0. The molecule has 0 aliphatic carbocycles. The molecule has 1 aromatic heterocycles. The number of piperidine rings is 1. The molecule has 2 N–H and O–H groups in total. The molecule has 0 spiro atoms. The van der Waals surface area contributed by atoms with Crippen LogP contribution in [0.3, 0.4) is 0 Å². The molecule has 132 valence electrons. The molecule has 0 aromatic carbocycles. The highest BCUT2D eigenvalue weighted by molar-refractivity contribution is 5.94. The molecule has 1 aliphatic rings. The zero-order chi connectivity index (χ0) is 17.9. The number of pyridine rings is 1. The summed E-state index contributed by atoms with van der Waals surface area (Å²) < 4.78 is 40.8. The highest BCUT2D eigenvalue weighted by Crippen LogP contribution is 2.24. The van der Waals surface area contributed by atoms with E-state index in [-0.39, 0.29) is 29.9 Å². The molecule has 2 heterocycles. The number of nitrogens with two attached hydrogens (primary N) is 1. The predicted molar refractivity (Wildman–Crippen MR) is 78.2 cm³/mol. The summed E-state index contributed by atoms with van der Waals surface area (Å²) in [6.45, 7) is 0.641. The van der Waals surface area contributed by atoms with Gasteiger partial charge < -0.3 is 15.4 Å². The monoisotopic (exact) mass is 345 g/mol. The molecule has 9 heteroatoms. The van der Waals surface area contributed by atoms with Crippen molar-refractivity contribution in [3.05, 3.63) is 23.9 Å². The van der Waals surface area contributed by atoms with Crippen molar-refractivity contribution in [3.8, 4) is 5.88 Å². The van der Waals surface area contributed by atoms with Crippen LogP contribution in [0.2, 0.25) is 0 Å². The summed E-state index contributed by atoms with van der Waals surface area (Å²) in [6, 6.07) is 2.50. The van der Waals surface area contributed by atoms with Gasteiger partial charge in [-0.05, 0) is 25.8 Å². The molecule has 1 aromatic rings. The van der Waals surface area contributed by atoms with E-state index in [1.165, 1.54) is 17.0 Å². The molecular formula is C15H18F3N3O3. The third-order valence-corrected chi connectivity index (χ3v) is 3.91. The normalized spacial score (nSPS) is 21.4. The lowest BCUT2D eigenvalue weighted by molar-refractivity contribution is -0.154. The molecule has 0 bridgehead atoms. The molecule has 1 aliphatic heterocycles. The fourth-order valence-corrected chi connectivity index (χ4v) is 2.54. The van der Waals surface area contributed by atoms with Gasteiger partial charge in [-0.15, -0.1) is 0 Å². The Morgan fingerprint density at radius 1 is 1.38 bits per heavy atom. The van der Waals surface area contributed by atoms with Gasteiger partial charge in [0.1, 0.15) is 0 Å². The van der Waals surface area contributed by atoms with Crippen LogP contribution in [0.5, 0.6) is 5.88 Å². The second kappa shape index (κ2) is 7.06. The number of alkyl halides is 3. The van der Waals surface area contributed by atoms with Crippen molar-refractivity contribution in [3.63, 3.8) is 0 Å². The van der Waals surface area contributed by atoms with Crippen LogP contribution in [0.15, 0.2) is 18.3 Å². The number of halogens is 3. The first-order valence-electron chi connectivity index (χ1n) is 7.43. The Balaban J connectivity index is 2.04. The zero-order valence-electron chi connectivity index (χ0n) is 13.0. The summed E-state index contributed by atoms with van der Waals surface area (Å²) in [6.07, 6.45) is -2.01. The maximum atomic E-state index is 12.5. The fraction of sp³-hybridized carbons (Fsp3) is 0.533. The maximum Gasteiger partial charge on any atom is 0.422 e. The molecule has 0 unspecified atom stereocenters. The molecule has 2 rings (SSSR count). The summed E-state index contributed by atoms with van der Waals surface area (Å²) in [4.78, 5) is 29.1. The lowest BCUT2D eigenvalue weighted by Gasteiger charge is -2.36. The van der Waals surface area contributed by atoms with Crippen LogP contribution in [0.1, 0.15) is 30.1 Å². The summed E-state index contributed by atoms with van der Waals surface area (Å²) in [7, 11) is 0. The van der Waals surface area contributed by atoms with E-state index < -0.39 is 24.6 Å². The Bertz CT molecular complexity index is 604. The van der Waals surface area contributed by atoms with Crippen molar-refractivity contribution in [1.82, 2.24) is 9.88 Å². The van der Waals surface area contributed by atoms with Gasteiger partial charge in [-0.25, -0.2) is 4.98 Å². The van der Waals surface area contributed by atoms with Gasteiger partial charge in [0, 0.05) is 24.8 Å². The highest BCUT2D eigenvalue weighted by atomic mass is 19.4. The number of aromatic nitrogens is 1. The van der Waals surface area contributed by atoms with Gasteiger partial charge in [0.15, 0.2) is 6.61 Å². The minimum absolute atomic E-state index is 0.0609. The lowest BCUT2D eigenvalue weighted by Crippen LogP contribution is -2.48. The van der Waals surface area contributed by atoms with Gasteiger partial charge in [-0.1, -0.05) is 0 Å². The van der Waals surface area contributed by atoms with E-state index in [1.54, 1.807) is 0 Å². The number of likely N-dealkylation sites (tertiary alicyclic amines) is 1. The average molecular weight is 345 g/mol.